The number of hydrogen-bond donors (Lipinski definition) is 1. The number of benzene rings is 3. The summed E-state index contributed by atoms with van der Waals surface area (Å²) in [5.74, 6) is 0.777. The third-order valence-electron chi connectivity index (χ3n) is 8.15. The van der Waals surface area contributed by atoms with Crippen LogP contribution in [-0.2, 0) is 16.8 Å². The number of rotatable bonds is 6. The summed E-state index contributed by atoms with van der Waals surface area (Å²) in [6.45, 7) is 6.67. The Kier molecular flexibility index (Phi) is 6.95. The lowest BCUT2D eigenvalue weighted by atomic mass is 9.74. The van der Waals surface area contributed by atoms with Gasteiger partial charge in [-0.3, -0.25) is 4.79 Å². The highest BCUT2D eigenvalue weighted by molar-refractivity contribution is 8.13. The quantitative estimate of drug-likeness (QED) is 0.297. The van der Waals surface area contributed by atoms with Gasteiger partial charge in [-0.2, -0.15) is 4.57 Å². The number of nitrogens with one attached hydrogen (secondary N) is 1. The van der Waals surface area contributed by atoms with Crippen LogP contribution in [0, 0.1) is 0 Å². The van der Waals surface area contributed by atoms with E-state index in [1.54, 1.807) is 13.0 Å². The molecule has 1 fully saturated rings. The first kappa shape index (κ1) is 26.6. The maximum Gasteiger partial charge on any atom is 0.213 e. The minimum atomic E-state index is -1.15. The van der Waals surface area contributed by atoms with Gasteiger partial charge in [-0.05, 0) is 42.3 Å². The smallest absolute Gasteiger partial charge is 0.213 e. The van der Waals surface area contributed by atoms with Gasteiger partial charge in [0.05, 0.1) is 10.8 Å². The van der Waals surface area contributed by atoms with Gasteiger partial charge >= 0.3 is 0 Å². The molecule has 0 radical (unpaired) electrons. The van der Waals surface area contributed by atoms with Gasteiger partial charge in [0.25, 0.3) is 0 Å². The molecule has 5 nitrogen and oxygen atoms in total. The Labute approximate surface area is 238 Å². The maximum absolute atomic E-state index is 13.4. The highest BCUT2D eigenvalue weighted by Crippen LogP contribution is 2.39. The Morgan fingerprint density at radius 2 is 1.65 bits per heavy atom. The molecule has 1 aromatic heterocycles. The SMILES string of the molecule is CC(=O)SCCC[n+]1ccc(C=C2C([O-])C(=CC3=[NH+]c4ccc5ccccc5c4C3(C)C)C2[O-])c2ccccc21. The van der Waals surface area contributed by atoms with E-state index in [1.807, 2.05) is 48.7 Å². The molecule has 6 rings (SSSR count). The van der Waals surface area contributed by atoms with Crippen molar-refractivity contribution in [2.45, 2.75) is 51.4 Å². The molecule has 1 N–H and O–H groups in total. The molecule has 1 saturated carbocycles. The van der Waals surface area contributed by atoms with Gasteiger partial charge in [0.15, 0.2) is 17.0 Å². The zero-order valence-corrected chi connectivity index (χ0v) is 23.8. The first-order valence-corrected chi connectivity index (χ1v) is 14.7. The van der Waals surface area contributed by atoms with Crippen LogP contribution in [-0.4, -0.2) is 28.8 Å². The summed E-state index contributed by atoms with van der Waals surface area (Å²) in [6.07, 6.45) is 4.19. The largest absolute Gasteiger partial charge is 0.846 e. The standard InChI is InChI=1S/C34H31N2O3S/c1-21(37)40-18-8-16-36-17-15-23(24-10-6-7-12-29(24)36)19-26-32(38)27(33(26)39)20-30-34(2,3)31-25-11-5-4-9-22(25)13-14-28(31)35-30/h4-7,9-15,17,19-20,32-33H,8,16,18H2,1-3H3/q-1/p+1. The van der Waals surface area contributed by atoms with Gasteiger partial charge in [-0.25, -0.2) is 4.99 Å². The summed E-state index contributed by atoms with van der Waals surface area (Å²) in [5, 5.41) is 30.2. The number of pyridine rings is 1. The Bertz CT molecular complexity index is 1740. The average molecular weight is 549 g/mol. The second kappa shape index (κ2) is 10.4. The Morgan fingerprint density at radius 3 is 2.42 bits per heavy atom. The summed E-state index contributed by atoms with van der Waals surface area (Å²) in [6, 6.07) is 22.5. The lowest BCUT2D eigenvalue weighted by Gasteiger charge is -2.52. The number of fused-ring (bicyclic) bond motifs is 4. The van der Waals surface area contributed by atoms with Crippen LogP contribution in [0.2, 0.25) is 0 Å². The minimum absolute atomic E-state index is 0.133. The third kappa shape index (κ3) is 4.60. The van der Waals surface area contributed by atoms with E-state index in [4.69, 9.17) is 0 Å². The molecular weight excluding hydrogens is 516 g/mol. The predicted octanol–water partition coefficient (Wildman–Crippen LogP) is 2.88. The Balaban J connectivity index is 1.27. The topological polar surface area (TPSA) is 81.0 Å². The third-order valence-corrected chi connectivity index (χ3v) is 9.05. The van der Waals surface area contributed by atoms with Crippen LogP contribution < -0.4 is 19.8 Å². The molecule has 1 aliphatic carbocycles. The van der Waals surface area contributed by atoms with Crippen LogP contribution in [0.5, 0.6) is 0 Å². The van der Waals surface area contributed by atoms with E-state index in [0.717, 1.165) is 46.6 Å². The fourth-order valence-corrected chi connectivity index (χ4v) is 6.56. The van der Waals surface area contributed by atoms with Crippen molar-refractivity contribution >= 4 is 56.0 Å². The molecule has 0 amide bonds. The summed E-state index contributed by atoms with van der Waals surface area (Å²) in [4.78, 5) is 14.7. The molecule has 2 heterocycles. The van der Waals surface area contributed by atoms with Gasteiger partial charge in [0.1, 0.15) is 6.54 Å². The number of carbonyl (C=O) groups excluding carboxylic acids is 1. The second-order valence-corrected chi connectivity index (χ2v) is 12.4. The van der Waals surface area contributed by atoms with Crippen LogP contribution in [0.3, 0.4) is 0 Å². The van der Waals surface area contributed by atoms with Crippen molar-refractivity contribution in [3.63, 3.8) is 0 Å². The molecule has 202 valence electrons. The predicted molar refractivity (Wildman–Crippen MR) is 158 cm³/mol. The molecule has 2 atom stereocenters. The van der Waals surface area contributed by atoms with Crippen molar-refractivity contribution in [2.75, 3.05) is 5.75 Å². The number of carbonyl (C=O) groups is 1. The summed E-state index contributed by atoms with van der Waals surface area (Å²) in [7, 11) is 0. The van der Waals surface area contributed by atoms with Crippen molar-refractivity contribution in [3.05, 3.63) is 101 Å². The van der Waals surface area contributed by atoms with E-state index >= 15 is 0 Å². The van der Waals surface area contributed by atoms with Crippen LogP contribution in [0.4, 0.5) is 5.69 Å². The highest BCUT2D eigenvalue weighted by atomic mass is 32.2. The van der Waals surface area contributed by atoms with Gasteiger partial charge < -0.3 is 10.2 Å². The van der Waals surface area contributed by atoms with Crippen molar-refractivity contribution in [1.29, 1.82) is 0 Å². The van der Waals surface area contributed by atoms with Crippen LogP contribution in [0.1, 0.15) is 38.3 Å². The fourth-order valence-electron chi connectivity index (χ4n) is 5.99. The molecule has 4 aromatic rings. The summed E-state index contributed by atoms with van der Waals surface area (Å²) in [5.41, 5.74) is 5.45. The van der Waals surface area contributed by atoms with Crippen molar-refractivity contribution in [2.24, 2.45) is 0 Å². The number of thioether (sulfide) groups is 1. The molecule has 0 spiro atoms. The monoisotopic (exact) mass is 548 g/mol. The number of allylic oxidation sites excluding steroid dienone is 1. The molecule has 0 saturated heterocycles. The first-order valence-electron chi connectivity index (χ1n) is 13.7. The lowest BCUT2D eigenvalue weighted by molar-refractivity contribution is -0.671. The Hall–Kier alpha value is -3.58. The van der Waals surface area contributed by atoms with E-state index in [0.29, 0.717) is 11.1 Å². The summed E-state index contributed by atoms with van der Waals surface area (Å²) >= 11 is 1.34. The summed E-state index contributed by atoms with van der Waals surface area (Å²) < 4.78 is 2.17. The van der Waals surface area contributed by atoms with E-state index in [9.17, 15) is 15.0 Å². The number of para-hydroxylation sites is 1. The van der Waals surface area contributed by atoms with E-state index in [-0.39, 0.29) is 10.5 Å². The fraction of sp³-hybridized carbons (Fsp3) is 0.265. The highest BCUT2D eigenvalue weighted by Gasteiger charge is 2.42. The van der Waals surface area contributed by atoms with Crippen LogP contribution in [0.15, 0.2) is 90.1 Å². The van der Waals surface area contributed by atoms with Crippen LogP contribution >= 0.6 is 11.8 Å². The zero-order chi connectivity index (χ0) is 28.0. The lowest BCUT2D eigenvalue weighted by Crippen LogP contribution is -2.66. The van der Waals surface area contributed by atoms with E-state index in [1.165, 1.54) is 28.1 Å². The van der Waals surface area contributed by atoms with Crippen molar-refractivity contribution < 1.29 is 24.6 Å². The average Bonchev–Trinajstić information content (AvgIpc) is 3.22. The normalized spacial score (nSPS) is 19.4. The number of aromatic nitrogens is 1. The molecule has 40 heavy (non-hydrogen) atoms. The van der Waals surface area contributed by atoms with E-state index in [2.05, 4.69) is 53.7 Å². The second-order valence-electron chi connectivity index (χ2n) is 11.1. The molecule has 2 unspecified atom stereocenters. The van der Waals surface area contributed by atoms with Gasteiger partial charge in [-0.1, -0.05) is 77.6 Å². The molecule has 2 aliphatic rings. The number of nitrogens with zero attached hydrogens (tertiary/aromatic N) is 1. The van der Waals surface area contributed by atoms with Crippen LogP contribution in [0.25, 0.3) is 27.8 Å². The Morgan fingerprint density at radius 1 is 0.950 bits per heavy atom. The molecule has 3 aromatic carbocycles. The molecule has 0 bridgehead atoms. The van der Waals surface area contributed by atoms with Crippen molar-refractivity contribution in [3.8, 4) is 0 Å². The maximum atomic E-state index is 13.4. The van der Waals surface area contributed by atoms with Gasteiger partial charge in [-0.15, -0.1) is 0 Å². The van der Waals surface area contributed by atoms with Gasteiger partial charge in [0, 0.05) is 48.9 Å². The van der Waals surface area contributed by atoms with Gasteiger partial charge in [0.2, 0.25) is 11.2 Å². The number of aryl methyl sites for hydroxylation is 1. The van der Waals surface area contributed by atoms with Crippen molar-refractivity contribution in [1.82, 2.24) is 0 Å². The molecule has 1 aliphatic heterocycles. The minimum Gasteiger partial charge on any atom is -0.846 e. The first-order chi connectivity index (χ1) is 19.3. The van der Waals surface area contributed by atoms with E-state index < -0.39 is 12.2 Å². The zero-order valence-electron chi connectivity index (χ0n) is 22.9. The molecular formula is C34H32N2O3S. The molecule has 6 heteroatoms. The number of hydrogen-bond acceptors (Lipinski definition) is 4.